The van der Waals surface area contributed by atoms with Crippen LogP contribution in [0.5, 0.6) is 5.75 Å². The summed E-state index contributed by atoms with van der Waals surface area (Å²) in [5.74, 6) is 0.679. The van der Waals surface area contributed by atoms with Gasteiger partial charge in [-0.3, -0.25) is 0 Å². The number of ether oxygens (including phenoxy) is 1. The van der Waals surface area contributed by atoms with Crippen LogP contribution in [0.4, 0.5) is 0 Å². The number of rotatable bonds is 4. The predicted octanol–water partition coefficient (Wildman–Crippen LogP) is 3.13. The SMILES string of the molecule is [CH2][C@H](O)c1ccccc1OCc1ccccc1. The van der Waals surface area contributed by atoms with Crippen molar-refractivity contribution >= 4 is 0 Å². The molecule has 0 saturated heterocycles. The lowest BCUT2D eigenvalue weighted by atomic mass is 10.1. The summed E-state index contributed by atoms with van der Waals surface area (Å²) in [6.07, 6.45) is -0.762. The number of para-hydroxylation sites is 1. The Morgan fingerprint density at radius 2 is 1.65 bits per heavy atom. The van der Waals surface area contributed by atoms with E-state index in [0.29, 0.717) is 17.9 Å². The second-order valence-corrected chi connectivity index (χ2v) is 3.83. The fraction of sp³-hybridized carbons (Fsp3) is 0.133. The van der Waals surface area contributed by atoms with Crippen molar-refractivity contribution in [3.8, 4) is 5.75 Å². The number of hydrogen-bond acceptors (Lipinski definition) is 2. The van der Waals surface area contributed by atoms with Gasteiger partial charge in [0.1, 0.15) is 12.4 Å². The third kappa shape index (κ3) is 3.08. The zero-order valence-corrected chi connectivity index (χ0v) is 9.54. The molecule has 0 aliphatic heterocycles. The molecular weight excluding hydrogens is 212 g/mol. The molecule has 1 radical (unpaired) electrons. The van der Waals surface area contributed by atoms with Gasteiger partial charge in [-0.2, -0.15) is 0 Å². The van der Waals surface area contributed by atoms with Gasteiger partial charge < -0.3 is 9.84 Å². The van der Waals surface area contributed by atoms with Gasteiger partial charge in [0.05, 0.1) is 6.10 Å². The van der Waals surface area contributed by atoms with E-state index in [1.807, 2.05) is 54.6 Å². The molecule has 0 unspecified atom stereocenters. The van der Waals surface area contributed by atoms with Crippen LogP contribution in [0.3, 0.4) is 0 Å². The Labute approximate surface area is 101 Å². The highest BCUT2D eigenvalue weighted by Crippen LogP contribution is 2.24. The monoisotopic (exact) mass is 227 g/mol. The van der Waals surface area contributed by atoms with E-state index < -0.39 is 6.10 Å². The highest BCUT2D eigenvalue weighted by Gasteiger charge is 2.07. The van der Waals surface area contributed by atoms with Crippen molar-refractivity contribution in [1.29, 1.82) is 0 Å². The second-order valence-electron chi connectivity index (χ2n) is 3.83. The van der Waals surface area contributed by atoms with Crippen LogP contribution in [0.1, 0.15) is 17.2 Å². The summed E-state index contributed by atoms with van der Waals surface area (Å²) in [6.45, 7) is 4.09. The Balaban J connectivity index is 2.09. The first-order valence-corrected chi connectivity index (χ1v) is 5.54. The zero-order chi connectivity index (χ0) is 12.1. The van der Waals surface area contributed by atoms with Crippen molar-refractivity contribution in [3.63, 3.8) is 0 Å². The minimum atomic E-state index is -0.762. The van der Waals surface area contributed by atoms with Gasteiger partial charge in [-0.25, -0.2) is 0 Å². The van der Waals surface area contributed by atoms with E-state index in [-0.39, 0.29) is 0 Å². The van der Waals surface area contributed by atoms with Crippen molar-refractivity contribution < 1.29 is 9.84 Å². The summed E-state index contributed by atoms with van der Waals surface area (Å²) in [7, 11) is 0. The van der Waals surface area contributed by atoms with Crippen LogP contribution in [0.2, 0.25) is 0 Å². The molecular formula is C15H15O2. The molecule has 2 rings (SSSR count). The molecule has 17 heavy (non-hydrogen) atoms. The van der Waals surface area contributed by atoms with Crippen LogP contribution in [0, 0.1) is 6.92 Å². The van der Waals surface area contributed by atoms with E-state index in [2.05, 4.69) is 6.92 Å². The van der Waals surface area contributed by atoms with E-state index in [9.17, 15) is 5.11 Å². The largest absolute Gasteiger partial charge is 0.489 e. The van der Waals surface area contributed by atoms with Gasteiger partial charge in [0, 0.05) is 5.56 Å². The van der Waals surface area contributed by atoms with Crippen molar-refractivity contribution in [3.05, 3.63) is 72.6 Å². The van der Waals surface area contributed by atoms with Crippen LogP contribution < -0.4 is 4.74 Å². The minimum Gasteiger partial charge on any atom is -0.489 e. The molecule has 0 heterocycles. The highest BCUT2D eigenvalue weighted by atomic mass is 16.5. The van der Waals surface area contributed by atoms with E-state index in [4.69, 9.17) is 4.74 Å². The number of aliphatic hydroxyl groups excluding tert-OH is 1. The van der Waals surface area contributed by atoms with Crippen LogP contribution >= 0.6 is 0 Å². The first-order valence-electron chi connectivity index (χ1n) is 5.54. The average Bonchev–Trinajstić information content (AvgIpc) is 2.38. The lowest BCUT2D eigenvalue weighted by Crippen LogP contribution is -2.00. The molecule has 2 aromatic carbocycles. The molecule has 1 atom stereocenters. The minimum absolute atomic E-state index is 0.491. The first-order chi connectivity index (χ1) is 8.27. The Kier molecular flexibility index (Phi) is 3.78. The standard InChI is InChI=1S/C15H15O2/c1-12(16)14-9-5-6-10-15(14)17-11-13-7-3-2-4-8-13/h2-10,12,16H,1,11H2/t12-/m0/s1. The maximum Gasteiger partial charge on any atom is 0.125 e. The van der Waals surface area contributed by atoms with Gasteiger partial charge in [-0.15, -0.1) is 0 Å². The quantitative estimate of drug-likeness (QED) is 0.869. The molecule has 0 aromatic heterocycles. The number of benzene rings is 2. The van der Waals surface area contributed by atoms with E-state index >= 15 is 0 Å². The van der Waals surface area contributed by atoms with E-state index in [1.165, 1.54) is 0 Å². The van der Waals surface area contributed by atoms with Gasteiger partial charge in [-0.05, 0) is 18.6 Å². The molecule has 0 aliphatic carbocycles. The molecule has 2 nitrogen and oxygen atoms in total. The Bertz CT molecular complexity index is 463. The van der Waals surface area contributed by atoms with Gasteiger partial charge in [0.25, 0.3) is 0 Å². The summed E-state index contributed by atoms with van der Waals surface area (Å²) in [4.78, 5) is 0. The molecule has 1 N–H and O–H groups in total. The third-order valence-corrected chi connectivity index (χ3v) is 2.52. The van der Waals surface area contributed by atoms with Crippen LogP contribution in [-0.4, -0.2) is 5.11 Å². The van der Waals surface area contributed by atoms with Crippen molar-refractivity contribution in [1.82, 2.24) is 0 Å². The van der Waals surface area contributed by atoms with Gasteiger partial charge in [0.2, 0.25) is 0 Å². The van der Waals surface area contributed by atoms with Crippen LogP contribution in [-0.2, 0) is 6.61 Å². The van der Waals surface area contributed by atoms with Crippen LogP contribution in [0.15, 0.2) is 54.6 Å². The molecule has 0 saturated carbocycles. The Morgan fingerprint density at radius 3 is 2.35 bits per heavy atom. The zero-order valence-electron chi connectivity index (χ0n) is 9.54. The second kappa shape index (κ2) is 5.51. The van der Waals surface area contributed by atoms with E-state index in [0.717, 1.165) is 5.56 Å². The van der Waals surface area contributed by atoms with Crippen molar-refractivity contribution in [2.45, 2.75) is 12.7 Å². The molecule has 0 spiro atoms. The lowest BCUT2D eigenvalue weighted by molar-refractivity contribution is 0.214. The van der Waals surface area contributed by atoms with Crippen molar-refractivity contribution in [2.24, 2.45) is 0 Å². The van der Waals surface area contributed by atoms with Gasteiger partial charge in [0.15, 0.2) is 0 Å². The number of aliphatic hydroxyl groups is 1. The molecule has 0 bridgehead atoms. The fourth-order valence-corrected chi connectivity index (χ4v) is 1.62. The maximum atomic E-state index is 9.51. The summed E-state index contributed by atoms with van der Waals surface area (Å²) in [5.41, 5.74) is 1.81. The van der Waals surface area contributed by atoms with E-state index in [1.54, 1.807) is 0 Å². The summed E-state index contributed by atoms with van der Waals surface area (Å²) in [5, 5.41) is 9.51. The normalized spacial score (nSPS) is 12.1. The molecule has 87 valence electrons. The molecule has 2 heteroatoms. The Morgan fingerprint density at radius 1 is 1.00 bits per heavy atom. The molecule has 2 aromatic rings. The number of hydrogen-bond donors (Lipinski definition) is 1. The molecule has 0 fully saturated rings. The van der Waals surface area contributed by atoms with Crippen molar-refractivity contribution in [2.75, 3.05) is 0 Å². The summed E-state index contributed by atoms with van der Waals surface area (Å²) in [6, 6.07) is 17.3. The first kappa shape index (κ1) is 11.7. The van der Waals surface area contributed by atoms with Gasteiger partial charge >= 0.3 is 0 Å². The predicted molar refractivity (Wildman–Crippen MR) is 67.5 cm³/mol. The topological polar surface area (TPSA) is 29.5 Å². The summed E-state index contributed by atoms with van der Waals surface area (Å²) < 4.78 is 5.68. The smallest absolute Gasteiger partial charge is 0.125 e. The van der Waals surface area contributed by atoms with Gasteiger partial charge in [-0.1, -0.05) is 48.5 Å². The fourth-order valence-electron chi connectivity index (χ4n) is 1.62. The molecule has 0 amide bonds. The maximum absolute atomic E-state index is 9.51. The third-order valence-electron chi connectivity index (χ3n) is 2.52. The Hall–Kier alpha value is -1.80. The van der Waals surface area contributed by atoms with Crippen LogP contribution in [0.25, 0.3) is 0 Å². The lowest BCUT2D eigenvalue weighted by Gasteiger charge is -2.13. The molecule has 0 aliphatic rings. The highest BCUT2D eigenvalue weighted by molar-refractivity contribution is 5.35. The summed E-state index contributed by atoms with van der Waals surface area (Å²) >= 11 is 0. The average molecular weight is 227 g/mol.